The van der Waals surface area contributed by atoms with Crippen LogP contribution in [0, 0.1) is 0 Å². The molecule has 0 bridgehead atoms. The van der Waals surface area contributed by atoms with E-state index in [9.17, 15) is 0 Å². The van der Waals surface area contributed by atoms with Gasteiger partial charge in [0, 0.05) is 0 Å². The summed E-state index contributed by atoms with van der Waals surface area (Å²) in [7, 11) is 12.6. The molecule has 0 fully saturated rings. The van der Waals surface area contributed by atoms with Crippen LogP contribution in [0.1, 0.15) is 0 Å². The van der Waals surface area contributed by atoms with Crippen molar-refractivity contribution in [2.75, 3.05) is 57.0 Å². The number of benzene rings is 3. The SMILES string of the molecule is CN(C)c1cc[c]([Bi]([c]2ccc(N(C)C)cc2)[c]2ccc(N(C)C)cc2)cc1. The topological polar surface area (TPSA) is 9.72 Å². The summed E-state index contributed by atoms with van der Waals surface area (Å²) >= 11 is -2.33. The predicted molar refractivity (Wildman–Crippen MR) is 127 cm³/mol. The van der Waals surface area contributed by atoms with Crippen LogP contribution in [0.3, 0.4) is 0 Å². The molecular weight excluding hydrogens is 539 g/mol. The minimum absolute atomic E-state index is 1.25. The van der Waals surface area contributed by atoms with Crippen LogP contribution in [0.15, 0.2) is 72.8 Å². The van der Waals surface area contributed by atoms with E-state index in [2.05, 4.69) is 130 Å². The standard InChI is InChI=1S/3C8H10N.Bi/c3*1-9(2)8-6-4-3-5-7-8;/h3*4-7H,1-2H3;. The molecule has 146 valence electrons. The molecule has 0 spiro atoms. The number of nitrogens with zero attached hydrogens (tertiary/aromatic N) is 3. The summed E-state index contributed by atoms with van der Waals surface area (Å²) in [4.78, 5) is 6.47. The summed E-state index contributed by atoms with van der Waals surface area (Å²) in [5, 5.41) is 0. The molecule has 0 aliphatic carbocycles. The van der Waals surface area contributed by atoms with Gasteiger partial charge in [-0.25, -0.2) is 0 Å². The third-order valence-electron chi connectivity index (χ3n) is 4.87. The third kappa shape index (κ3) is 4.67. The molecule has 0 aliphatic heterocycles. The monoisotopic (exact) mass is 569 g/mol. The van der Waals surface area contributed by atoms with Crippen LogP contribution in [-0.2, 0) is 0 Å². The molecule has 0 amide bonds. The number of hydrogen-bond acceptors (Lipinski definition) is 3. The normalized spacial score (nSPS) is 10.8. The Balaban J connectivity index is 2.04. The number of anilines is 3. The Labute approximate surface area is 177 Å². The van der Waals surface area contributed by atoms with E-state index in [1.807, 2.05) is 0 Å². The first kappa shape index (κ1) is 20.7. The molecule has 28 heavy (non-hydrogen) atoms. The molecule has 0 unspecified atom stereocenters. The Bertz CT molecular complexity index is 760. The van der Waals surface area contributed by atoms with Gasteiger partial charge in [-0.3, -0.25) is 0 Å². The third-order valence-corrected chi connectivity index (χ3v) is 14.4. The summed E-state index contributed by atoms with van der Waals surface area (Å²) in [5.74, 6) is 0. The summed E-state index contributed by atoms with van der Waals surface area (Å²) in [6.07, 6.45) is 0. The molecule has 0 aromatic heterocycles. The molecule has 0 aliphatic rings. The first-order valence-electron chi connectivity index (χ1n) is 9.49. The van der Waals surface area contributed by atoms with E-state index < -0.39 is 21.8 Å². The van der Waals surface area contributed by atoms with Gasteiger partial charge < -0.3 is 0 Å². The van der Waals surface area contributed by atoms with E-state index in [4.69, 9.17) is 0 Å². The molecule has 3 rings (SSSR count). The van der Waals surface area contributed by atoms with Gasteiger partial charge in [0.1, 0.15) is 0 Å². The molecule has 3 aromatic rings. The van der Waals surface area contributed by atoms with Crippen molar-refractivity contribution in [1.29, 1.82) is 0 Å². The van der Waals surface area contributed by atoms with Gasteiger partial charge in [-0.05, 0) is 0 Å². The van der Waals surface area contributed by atoms with E-state index in [0.717, 1.165) is 0 Å². The Hall–Kier alpha value is -2.06. The van der Waals surface area contributed by atoms with Crippen molar-refractivity contribution in [3.05, 3.63) is 72.8 Å². The van der Waals surface area contributed by atoms with Crippen molar-refractivity contribution in [3.63, 3.8) is 0 Å². The Kier molecular flexibility index (Phi) is 6.62. The van der Waals surface area contributed by atoms with E-state index in [0.29, 0.717) is 0 Å². The van der Waals surface area contributed by atoms with E-state index in [1.54, 1.807) is 0 Å². The molecular formula is C24H30BiN3. The van der Waals surface area contributed by atoms with Gasteiger partial charge in [0.15, 0.2) is 0 Å². The zero-order valence-electron chi connectivity index (χ0n) is 17.7. The van der Waals surface area contributed by atoms with Crippen LogP contribution < -0.4 is 24.5 Å². The van der Waals surface area contributed by atoms with Crippen LogP contribution in [0.5, 0.6) is 0 Å². The zero-order chi connectivity index (χ0) is 20.3. The van der Waals surface area contributed by atoms with Gasteiger partial charge in [0.05, 0.1) is 0 Å². The van der Waals surface area contributed by atoms with E-state index in [1.165, 1.54) is 26.9 Å². The Morgan fingerprint density at radius 1 is 0.393 bits per heavy atom. The van der Waals surface area contributed by atoms with Crippen LogP contribution >= 0.6 is 0 Å². The summed E-state index contributed by atoms with van der Waals surface area (Å²) in [6.45, 7) is 0. The quantitative estimate of drug-likeness (QED) is 0.423. The molecule has 0 saturated carbocycles. The van der Waals surface area contributed by atoms with Crippen LogP contribution in [0.4, 0.5) is 17.1 Å². The van der Waals surface area contributed by atoms with Gasteiger partial charge in [0.25, 0.3) is 0 Å². The number of rotatable bonds is 6. The van der Waals surface area contributed by atoms with Crippen molar-refractivity contribution in [3.8, 4) is 0 Å². The predicted octanol–water partition coefficient (Wildman–Crippen LogP) is 2.40. The maximum absolute atomic E-state index is 2.34. The van der Waals surface area contributed by atoms with Crippen molar-refractivity contribution >= 4 is 48.6 Å². The molecule has 0 radical (unpaired) electrons. The van der Waals surface area contributed by atoms with E-state index in [-0.39, 0.29) is 0 Å². The van der Waals surface area contributed by atoms with Gasteiger partial charge >= 0.3 is 178 Å². The van der Waals surface area contributed by atoms with Crippen LogP contribution in [-0.4, -0.2) is 64.0 Å². The van der Waals surface area contributed by atoms with Gasteiger partial charge in [-0.15, -0.1) is 0 Å². The van der Waals surface area contributed by atoms with Gasteiger partial charge in [-0.2, -0.15) is 0 Å². The van der Waals surface area contributed by atoms with Crippen molar-refractivity contribution in [1.82, 2.24) is 0 Å². The maximum atomic E-state index is 2.34. The molecule has 3 nitrogen and oxygen atoms in total. The van der Waals surface area contributed by atoms with E-state index >= 15 is 0 Å². The van der Waals surface area contributed by atoms with Crippen LogP contribution in [0.25, 0.3) is 0 Å². The molecule has 4 heteroatoms. The van der Waals surface area contributed by atoms with Crippen molar-refractivity contribution in [2.45, 2.75) is 0 Å². The Morgan fingerprint density at radius 2 is 0.607 bits per heavy atom. The summed E-state index contributed by atoms with van der Waals surface area (Å²) < 4.78 is 4.53. The van der Waals surface area contributed by atoms with Crippen molar-refractivity contribution in [2.24, 2.45) is 0 Å². The van der Waals surface area contributed by atoms with Crippen LogP contribution in [0.2, 0.25) is 0 Å². The average molecular weight is 570 g/mol. The Morgan fingerprint density at radius 3 is 0.786 bits per heavy atom. The summed E-state index contributed by atoms with van der Waals surface area (Å²) in [6, 6.07) is 27.5. The molecule has 0 atom stereocenters. The average Bonchev–Trinajstić information content (AvgIpc) is 2.69. The first-order valence-corrected chi connectivity index (χ1v) is 14.7. The molecule has 3 aromatic carbocycles. The van der Waals surface area contributed by atoms with Crippen molar-refractivity contribution < 1.29 is 0 Å². The summed E-state index contributed by atoms with van der Waals surface area (Å²) in [5.41, 5.74) is 3.75. The minimum atomic E-state index is -2.33. The fraction of sp³-hybridized carbons (Fsp3) is 0.250. The second-order valence-electron chi connectivity index (χ2n) is 7.57. The van der Waals surface area contributed by atoms with Gasteiger partial charge in [-0.1, -0.05) is 0 Å². The second kappa shape index (κ2) is 8.96. The first-order chi connectivity index (χ1) is 13.4. The second-order valence-corrected chi connectivity index (χ2v) is 16.2. The fourth-order valence-electron chi connectivity index (χ4n) is 3.15. The molecule has 0 saturated heterocycles. The molecule has 0 heterocycles. The zero-order valence-corrected chi connectivity index (χ0v) is 21.2. The fourth-order valence-corrected chi connectivity index (χ4v) is 11.8. The van der Waals surface area contributed by atoms with Gasteiger partial charge in [0.2, 0.25) is 0 Å². The number of hydrogen-bond donors (Lipinski definition) is 0. The molecule has 0 N–H and O–H groups in total.